The lowest BCUT2D eigenvalue weighted by Crippen LogP contribution is -1.95. The van der Waals surface area contributed by atoms with Gasteiger partial charge in [0.05, 0.1) is 5.69 Å². The van der Waals surface area contributed by atoms with Crippen molar-refractivity contribution in [2.45, 2.75) is 9.92 Å². The number of nitrogen functional groups attached to an aromatic ring is 1. The summed E-state index contributed by atoms with van der Waals surface area (Å²) in [6, 6.07) is 3.55. The summed E-state index contributed by atoms with van der Waals surface area (Å²) >= 11 is 1.09. The minimum atomic E-state index is -0.767. The Kier molecular flexibility index (Phi) is 3.00. The Balaban J connectivity index is 2.35. The van der Waals surface area contributed by atoms with Crippen molar-refractivity contribution in [3.8, 4) is 0 Å². The van der Waals surface area contributed by atoms with Crippen LogP contribution in [0, 0.1) is 11.6 Å². The topological polar surface area (TPSA) is 51.8 Å². The molecule has 0 bridgehead atoms. The molecule has 6 heteroatoms. The number of benzene rings is 1. The van der Waals surface area contributed by atoms with E-state index < -0.39 is 11.6 Å². The van der Waals surface area contributed by atoms with E-state index in [4.69, 9.17) is 5.73 Å². The van der Waals surface area contributed by atoms with Gasteiger partial charge < -0.3 is 5.73 Å². The first-order valence-electron chi connectivity index (χ1n) is 4.35. The summed E-state index contributed by atoms with van der Waals surface area (Å²) in [6.07, 6.45) is 2.90. The fourth-order valence-corrected chi connectivity index (χ4v) is 1.93. The van der Waals surface area contributed by atoms with E-state index in [-0.39, 0.29) is 5.69 Å². The van der Waals surface area contributed by atoms with Crippen molar-refractivity contribution in [3.63, 3.8) is 0 Å². The predicted octanol–water partition coefficient (Wildman–Crippen LogP) is 2.49. The normalized spacial score (nSPS) is 10.4. The summed E-state index contributed by atoms with van der Waals surface area (Å²) in [5, 5.41) is 0.576. The Morgan fingerprint density at radius 3 is 2.75 bits per heavy atom. The number of aromatic nitrogens is 2. The van der Waals surface area contributed by atoms with E-state index in [9.17, 15) is 8.78 Å². The minimum absolute atomic E-state index is 0.0787. The number of nitrogens with zero attached hydrogens (tertiary/aromatic N) is 2. The summed E-state index contributed by atoms with van der Waals surface area (Å²) in [5.41, 5.74) is 5.41. The first kappa shape index (κ1) is 10.8. The molecule has 0 unspecified atom stereocenters. The molecular weight excluding hydrogens is 232 g/mol. The second kappa shape index (κ2) is 4.44. The highest BCUT2D eigenvalue weighted by molar-refractivity contribution is 7.99. The fourth-order valence-electron chi connectivity index (χ4n) is 1.10. The maximum atomic E-state index is 13.1. The van der Waals surface area contributed by atoms with Crippen LogP contribution in [0.1, 0.15) is 0 Å². The third-order valence-electron chi connectivity index (χ3n) is 1.83. The zero-order valence-electron chi connectivity index (χ0n) is 8.02. The number of anilines is 1. The monoisotopic (exact) mass is 239 g/mol. The van der Waals surface area contributed by atoms with Gasteiger partial charge in [-0.2, -0.15) is 0 Å². The second-order valence-corrected chi connectivity index (χ2v) is 4.01. The Morgan fingerprint density at radius 1 is 1.25 bits per heavy atom. The number of nitrogens with two attached hydrogens (primary N) is 1. The van der Waals surface area contributed by atoms with Crippen LogP contribution in [0.3, 0.4) is 0 Å². The van der Waals surface area contributed by atoms with Crippen LogP contribution in [0.15, 0.2) is 40.6 Å². The van der Waals surface area contributed by atoms with Crippen LogP contribution in [0.4, 0.5) is 14.5 Å². The van der Waals surface area contributed by atoms with E-state index in [0.717, 1.165) is 17.8 Å². The summed E-state index contributed by atoms with van der Waals surface area (Å²) < 4.78 is 26.1. The summed E-state index contributed by atoms with van der Waals surface area (Å²) in [6.45, 7) is 0. The van der Waals surface area contributed by atoms with Crippen LogP contribution in [-0.4, -0.2) is 9.97 Å². The minimum Gasteiger partial charge on any atom is -0.395 e. The first-order chi connectivity index (χ1) is 7.66. The average molecular weight is 239 g/mol. The molecule has 1 aromatic carbocycles. The maximum Gasteiger partial charge on any atom is 0.150 e. The van der Waals surface area contributed by atoms with Crippen molar-refractivity contribution in [2.75, 3.05) is 5.73 Å². The maximum absolute atomic E-state index is 13.1. The van der Waals surface area contributed by atoms with Gasteiger partial charge in [-0.15, -0.1) is 0 Å². The number of hydrogen-bond acceptors (Lipinski definition) is 4. The Bertz CT molecular complexity index is 505. The predicted molar refractivity (Wildman–Crippen MR) is 56.9 cm³/mol. The second-order valence-electron chi connectivity index (χ2n) is 2.95. The lowest BCUT2D eigenvalue weighted by molar-refractivity contribution is 0.581. The fraction of sp³-hybridized carbons (Fsp3) is 0. The molecule has 2 N–H and O–H groups in total. The third kappa shape index (κ3) is 2.27. The van der Waals surface area contributed by atoms with Crippen LogP contribution in [0.25, 0.3) is 0 Å². The van der Waals surface area contributed by atoms with Gasteiger partial charge >= 0.3 is 0 Å². The summed E-state index contributed by atoms with van der Waals surface area (Å²) in [4.78, 5) is 7.97. The largest absolute Gasteiger partial charge is 0.395 e. The molecule has 0 atom stereocenters. The third-order valence-corrected chi connectivity index (χ3v) is 2.83. The molecule has 0 saturated carbocycles. The summed E-state index contributed by atoms with van der Waals surface area (Å²) in [7, 11) is 0. The van der Waals surface area contributed by atoms with Crippen LogP contribution in [-0.2, 0) is 0 Å². The smallest absolute Gasteiger partial charge is 0.150 e. The van der Waals surface area contributed by atoms with Crippen LogP contribution in [0.5, 0.6) is 0 Å². The molecule has 0 radical (unpaired) electrons. The first-order valence-corrected chi connectivity index (χ1v) is 5.17. The van der Waals surface area contributed by atoms with Crippen molar-refractivity contribution < 1.29 is 8.78 Å². The van der Waals surface area contributed by atoms with Gasteiger partial charge in [0.1, 0.15) is 23.0 Å². The lowest BCUT2D eigenvalue weighted by Gasteiger charge is -2.05. The zero-order chi connectivity index (χ0) is 11.5. The molecule has 0 spiro atoms. The molecule has 0 aliphatic rings. The number of rotatable bonds is 2. The van der Waals surface area contributed by atoms with E-state index >= 15 is 0 Å². The highest BCUT2D eigenvalue weighted by atomic mass is 32.2. The SMILES string of the molecule is Nc1c(F)cc(F)cc1Sc1ccncn1. The van der Waals surface area contributed by atoms with Gasteiger partial charge in [-0.25, -0.2) is 18.7 Å². The molecule has 0 aliphatic heterocycles. The van der Waals surface area contributed by atoms with Gasteiger partial charge in [-0.3, -0.25) is 0 Å². The lowest BCUT2D eigenvalue weighted by atomic mass is 10.3. The van der Waals surface area contributed by atoms with Crippen molar-refractivity contribution >= 4 is 17.4 Å². The quantitative estimate of drug-likeness (QED) is 0.646. The van der Waals surface area contributed by atoms with Crippen LogP contribution < -0.4 is 5.73 Å². The van der Waals surface area contributed by atoms with Gasteiger partial charge in [0, 0.05) is 17.2 Å². The highest BCUT2D eigenvalue weighted by Crippen LogP contribution is 2.32. The summed E-state index contributed by atoms with van der Waals surface area (Å²) in [5.74, 6) is -1.43. The van der Waals surface area contributed by atoms with Crippen molar-refractivity contribution in [1.82, 2.24) is 9.97 Å². The Hall–Kier alpha value is -1.69. The van der Waals surface area contributed by atoms with E-state index in [1.807, 2.05) is 0 Å². The molecule has 16 heavy (non-hydrogen) atoms. The van der Waals surface area contributed by atoms with Crippen molar-refractivity contribution in [1.29, 1.82) is 0 Å². The molecule has 82 valence electrons. The molecule has 2 rings (SSSR count). The molecule has 1 aromatic heterocycles. The highest BCUT2D eigenvalue weighted by Gasteiger charge is 2.09. The number of hydrogen-bond donors (Lipinski definition) is 1. The molecule has 1 heterocycles. The molecular formula is C10H7F2N3S. The molecule has 0 fully saturated rings. The van der Waals surface area contributed by atoms with Crippen LogP contribution in [0.2, 0.25) is 0 Å². The van der Waals surface area contributed by atoms with Gasteiger partial charge in [-0.1, -0.05) is 11.8 Å². The van der Waals surface area contributed by atoms with Crippen molar-refractivity contribution in [2.24, 2.45) is 0 Å². The van der Waals surface area contributed by atoms with Crippen LogP contribution >= 0.6 is 11.8 Å². The molecule has 2 aromatic rings. The Morgan fingerprint density at radius 2 is 2.06 bits per heavy atom. The molecule has 0 aliphatic carbocycles. The standard InChI is InChI=1S/C10H7F2N3S/c11-6-3-7(12)10(13)8(4-6)16-9-1-2-14-5-15-9/h1-5H,13H2. The molecule has 3 nitrogen and oxygen atoms in total. The average Bonchev–Trinajstić information content (AvgIpc) is 2.27. The van der Waals surface area contributed by atoms with Crippen molar-refractivity contribution in [3.05, 3.63) is 42.4 Å². The zero-order valence-corrected chi connectivity index (χ0v) is 8.84. The van der Waals surface area contributed by atoms with Gasteiger partial charge in [-0.05, 0) is 12.1 Å². The molecule has 0 saturated heterocycles. The van der Waals surface area contributed by atoms with Gasteiger partial charge in [0.25, 0.3) is 0 Å². The van der Waals surface area contributed by atoms with Gasteiger partial charge in [0.15, 0.2) is 0 Å². The van der Waals surface area contributed by atoms with E-state index in [2.05, 4.69) is 9.97 Å². The van der Waals surface area contributed by atoms with Gasteiger partial charge in [0.2, 0.25) is 0 Å². The Labute approximate surface area is 94.7 Å². The van der Waals surface area contributed by atoms with E-state index in [1.165, 1.54) is 12.4 Å². The van der Waals surface area contributed by atoms with E-state index in [1.54, 1.807) is 12.3 Å². The molecule has 0 amide bonds. The number of halogens is 2. The van der Waals surface area contributed by atoms with E-state index in [0.29, 0.717) is 9.92 Å².